The SMILES string of the molecule is CC(Br)C(=O)NCCc1nc2ccccc2[nH]1. The summed E-state index contributed by atoms with van der Waals surface area (Å²) in [6.45, 7) is 2.39. The van der Waals surface area contributed by atoms with Crippen LogP contribution in [0.4, 0.5) is 0 Å². The Labute approximate surface area is 108 Å². The molecule has 0 bridgehead atoms. The van der Waals surface area contributed by atoms with E-state index in [1.807, 2.05) is 24.3 Å². The van der Waals surface area contributed by atoms with Crippen molar-refractivity contribution in [3.63, 3.8) is 0 Å². The van der Waals surface area contributed by atoms with E-state index in [0.29, 0.717) is 13.0 Å². The number of aromatic amines is 1. The van der Waals surface area contributed by atoms with E-state index < -0.39 is 0 Å². The van der Waals surface area contributed by atoms with Crippen molar-refractivity contribution in [1.29, 1.82) is 0 Å². The van der Waals surface area contributed by atoms with Gasteiger partial charge in [-0.1, -0.05) is 28.1 Å². The van der Waals surface area contributed by atoms with E-state index in [1.165, 1.54) is 0 Å². The zero-order chi connectivity index (χ0) is 12.3. The summed E-state index contributed by atoms with van der Waals surface area (Å²) in [5.41, 5.74) is 1.99. The molecular weight excluding hydrogens is 282 g/mol. The number of hydrogen-bond acceptors (Lipinski definition) is 2. The molecule has 17 heavy (non-hydrogen) atoms. The predicted molar refractivity (Wildman–Crippen MR) is 71.2 cm³/mol. The monoisotopic (exact) mass is 295 g/mol. The topological polar surface area (TPSA) is 57.8 Å². The fourth-order valence-corrected chi connectivity index (χ4v) is 1.73. The third-order valence-corrected chi connectivity index (χ3v) is 2.88. The van der Waals surface area contributed by atoms with Gasteiger partial charge in [0.25, 0.3) is 0 Å². The first kappa shape index (κ1) is 12.1. The molecule has 2 rings (SSSR count). The number of benzene rings is 1. The Kier molecular flexibility index (Phi) is 3.78. The van der Waals surface area contributed by atoms with Crippen LogP contribution in [0.1, 0.15) is 12.7 Å². The molecular formula is C12H14BrN3O. The fourth-order valence-electron chi connectivity index (χ4n) is 1.57. The van der Waals surface area contributed by atoms with Crippen LogP contribution in [-0.4, -0.2) is 27.2 Å². The molecule has 4 nitrogen and oxygen atoms in total. The number of para-hydroxylation sites is 2. The number of carbonyl (C=O) groups excluding carboxylic acids is 1. The summed E-state index contributed by atoms with van der Waals surface area (Å²) in [7, 11) is 0. The number of hydrogen-bond donors (Lipinski definition) is 2. The summed E-state index contributed by atoms with van der Waals surface area (Å²) >= 11 is 3.22. The molecule has 2 N–H and O–H groups in total. The minimum atomic E-state index is -0.154. The first-order valence-corrected chi connectivity index (χ1v) is 6.44. The highest BCUT2D eigenvalue weighted by atomic mass is 79.9. The largest absolute Gasteiger partial charge is 0.355 e. The quantitative estimate of drug-likeness (QED) is 0.848. The molecule has 1 aromatic carbocycles. The minimum Gasteiger partial charge on any atom is -0.355 e. The molecule has 0 fully saturated rings. The Morgan fingerprint density at radius 2 is 2.29 bits per heavy atom. The van der Waals surface area contributed by atoms with Crippen molar-refractivity contribution in [2.75, 3.05) is 6.54 Å². The maximum atomic E-state index is 11.3. The molecule has 0 aliphatic heterocycles. The average molecular weight is 296 g/mol. The molecule has 1 amide bonds. The number of aromatic nitrogens is 2. The second-order valence-corrected chi connectivity index (χ2v) is 5.23. The van der Waals surface area contributed by atoms with Crippen molar-refractivity contribution < 1.29 is 4.79 Å². The van der Waals surface area contributed by atoms with Crippen molar-refractivity contribution in [1.82, 2.24) is 15.3 Å². The predicted octanol–water partition coefficient (Wildman–Crippen LogP) is 2.00. The lowest BCUT2D eigenvalue weighted by molar-refractivity contribution is -0.120. The number of nitrogens with one attached hydrogen (secondary N) is 2. The molecule has 0 saturated heterocycles. The second-order valence-electron chi connectivity index (χ2n) is 3.86. The summed E-state index contributed by atoms with van der Waals surface area (Å²) in [6, 6.07) is 7.89. The van der Waals surface area contributed by atoms with Gasteiger partial charge in [-0.25, -0.2) is 4.98 Å². The van der Waals surface area contributed by atoms with Gasteiger partial charge in [0.05, 0.1) is 15.9 Å². The van der Waals surface area contributed by atoms with E-state index in [0.717, 1.165) is 16.9 Å². The highest BCUT2D eigenvalue weighted by molar-refractivity contribution is 9.10. The van der Waals surface area contributed by atoms with Crippen molar-refractivity contribution in [3.8, 4) is 0 Å². The Balaban J connectivity index is 1.93. The van der Waals surface area contributed by atoms with Crippen LogP contribution in [0, 0.1) is 0 Å². The highest BCUT2D eigenvalue weighted by Crippen LogP contribution is 2.10. The summed E-state index contributed by atoms with van der Waals surface area (Å²) in [5.74, 6) is 0.898. The Bertz CT molecular complexity index is 488. The van der Waals surface area contributed by atoms with Crippen LogP contribution in [0.15, 0.2) is 24.3 Å². The smallest absolute Gasteiger partial charge is 0.233 e. The van der Waals surface area contributed by atoms with Crippen LogP contribution in [-0.2, 0) is 11.2 Å². The van der Waals surface area contributed by atoms with E-state index in [1.54, 1.807) is 6.92 Å². The molecule has 1 unspecified atom stereocenters. The van der Waals surface area contributed by atoms with Gasteiger partial charge < -0.3 is 10.3 Å². The first-order valence-electron chi connectivity index (χ1n) is 5.52. The number of alkyl halides is 1. The lowest BCUT2D eigenvalue weighted by atomic mass is 10.3. The number of carbonyl (C=O) groups is 1. The van der Waals surface area contributed by atoms with Crippen molar-refractivity contribution >= 4 is 32.9 Å². The van der Waals surface area contributed by atoms with Crippen LogP contribution in [0.5, 0.6) is 0 Å². The van der Waals surface area contributed by atoms with E-state index >= 15 is 0 Å². The van der Waals surface area contributed by atoms with E-state index in [4.69, 9.17) is 0 Å². The minimum absolute atomic E-state index is 0.00103. The van der Waals surface area contributed by atoms with Crippen LogP contribution in [0.2, 0.25) is 0 Å². The van der Waals surface area contributed by atoms with Crippen molar-refractivity contribution in [2.24, 2.45) is 0 Å². The summed E-state index contributed by atoms with van der Waals surface area (Å²) in [5, 5.41) is 2.83. The number of nitrogens with zero attached hydrogens (tertiary/aromatic N) is 1. The number of fused-ring (bicyclic) bond motifs is 1. The van der Waals surface area contributed by atoms with Gasteiger partial charge in [0.1, 0.15) is 5.82 Å². The van der Waals surface area contributed by atoms with Gasteiger partial charge in [-0.3, -0.25) is 4.79 Å². The maximum Gasteiger partial charge on any atom is 0.233 e. The van der Waals surface area contributed by atoms with Crippen LogP contribution < -0.4 is 5.32 Å². The molecule has 0 aliphatic carbocycles. The summed E-state index contributed by atoms with van der Waals surface area (Å²) in [6.07, 6.45) is 0.708. The van der Waals surface area contributed by atoms with Gasteiger partial charge in [-0.05, 0) is 19.1 Å². The van der Waals surface area contributed by atoms with Crippen molar-refractivity contribution in [2.45, 2.75) is 18.2 Å². The van der Waals surface area contributed by atoms with Crippen molar-refractivity contribution in [3.05, 3.63) is 30.1 Å². The van der Waals surface area contributed by atoms with Gasteiger partial charge in [0.15, 0.2) is 0 Å². The van der Waals surface area contributed by atoms with Gasteiger partial charge in [0, 0.05) is 13.0 Å². The van der Waals surface area contributed by atoms with E-state index in [9.17, 15) is 4.79 Å². The summed E-state index contributed by atoms with van der Waals surface area (Å²) < 4.78 is 0. The molecule has 1 atom stereocenters. The fraction of sp³-hybridized carbons (Fsp3) is 0.333. The average Bonchev–Trinajstić information content (AvgIpc) is 2.71. The zero-order valence-corrected chi connectivity index (χ0v) is 11.1. The van der Waals surface area contributed by atoms with Crippen LogP contribution >= 0.6 is 15.9 Å². The standard InChI is InChI=1S/C12H14BrN3O/c1-8(13)12(17)14-7-6-11-15-9-4-2-3-5-10(9)16-11/h2-5,8H,6-7H2,1H3,(H,14,17)(H,15,16). The molecule has 0 aliphatic rings. The number of halogens is 1. The lowest BCUT2D eigenvalue weighted by Gasteiger charge is -2.04. The van der Waals surface area contributed by atoms with Gasteiger partial charge in [-0.2, -0.15) is 0 Å². The third-order valence-electron chi connectivity index (χ3n) is 2.46. The first-order chi connectivity index (χ1) is 8.16. The van der Waals surface area contributed by atoms with E-state index in [2.05, 4.69) is 31.2 Å². The third kappa shape index (κ3) is 3.06. The van der Waals surface area contributed by atoms with E-state index in [-0.39, 0.29) is 10.7 Å². The molecule has 1 heterocycles. The molecule has 2 aromatic rings. The number of amides is 1. The summed E-state index contributed by atoms with van der Waals surface area (Å²) in [4.78, 5) is 18.8. The van der Waals surface area contributed by atoms with Gasteiger partial charge in [-0.15, -0.1) is 0 Å². The highest BCUT2D eigenvalue weighted by Gasteiger charge is 2.08. The van der Waals surface area contributed by atoms with Crippen LogP contribution in [0.3, 0.4) is 0 Å². The van der Waals surface area contributed by atoms with Crippen LogP contribution in [0.25, 0.3) is 11.0 Å². The Hall–Kier alpha value is -1.36. The molecule has 1 aromatic heterocycles. The molecule has 90 valence electrons. The Morgan fingerprint density at radius 1 is 1.53 bits per heavy atom. The molecule has 5 heteroatoms. The Morgan fingerprint density at radius 3 is 3.00 bits per heavy atom. The lowest BCUT2D eigenvalue weighted by Crippen LogP contribution is -2.31. The molecule has 0 spiro atoms. The molecule has 0 radical (unpaired) electrons. The number of H-pyrrole nitrogens is 1. The van der Waals surface area contributed by atoms with Gasteiger partial charge in [0.2, 0.25) is 5.91 Å². The number of imidazole rings is 1. The molecule has 0 saturated carbocycles. The van der Waals surface area contributed by atoms with Gasteiger partial charge >= 0.3 is 0 Å². The maximum absolute atomic E-state index is 11.3. The zero-order valence-electron chi connectivity index (χ0n) is 9.53. The number of rotatable bonds is 4. The normalized spacial score (nSPS) is 12.6. The second kappa shape index (κ2) is 5.31.